The predicted octanol–water partition coefficient (Wildman–Crippen LogP) is 1.55. The molecule has 0 atom stereocenters. The predicted molar refractivity (Wildman–Crippen MR) is 91.4 cm³/mol. The van der Waals surface area contributed by atoms with E-state index >= 15 is 0 Å². The Morgan fingerprint density at radius 3 is 2.16 bits per heavy atom. The Balaban J connectivity index is 0.000000186. The van der Waals surface area contributed by atoms with Crippen LogP contribution in [0.5, 0.6) is 0 Å². The molecule has 1 heterocycles. The zero-order valence-corrected chi connectivity index (χ0v) is 14.6. The third-order valence-electron chi connectivity index (χ3n) is 3.66. The normalized spacial score (nSPS) is 11.3. The second kappa shape index (κ2) is 7.71. The number of aliphatic hydroxyl groups excluding tert-OH is 1. The van der Waals surface area contributed by atoms with E-state index in [2.05, 4.69) is 0 Å². The van der Waals surface area contributed by atoms with E-state index in [0.29, 0.717) is 5.56 Å². The number of para-hydroxylation sites is 1. The minimum absolute atomic E-state index is 0.178. The molecule has 0 spiro atoms. The van der Waals surface area contributed by atoms with Crippen LogP contribution in [-0.4, -0.2) is 23.2 Å². The molecular weight excluding hydrogens is 342 g/mol. The largest absolute Gasteiger partial charge is 0.744 e. The van der Waals surface area contributed by atoms with Crippen LogP contribution in [0.1, 0.15) is 17.4 Å². The lowest BCUT2D eigenvalue weighted by molar-refractivity contribution is -0.645. The fourth-order valence-electron chi connectivity index (χ4n) is 2.32. The molecule has 132 valence electrons. The molecule has 0 fully saturated rings. The number of fused-ring (bicyclic) bond motifs is 1. The third-order valence-corrected chi connectivity index (χ3v) is 4.51. The van der Waals surface area contributed by atoms with Crippen molar-refractivity contribution in [2.75, 3.05) is 0 Å². The number of benzene rings is 2. The maximum atomic E-state index is 10.4. The molecule has 2 N–H and O–H groups in total. The summed E-state index contributed by atoms with van der Waals surface area (Å²) in [4.78, 5) is -0.178. The summed E-state index contributed by atoms with van der Waals surface area (Å²) in [6.45, 7) is 1.82. The number of rotatable bonds is 2. The zero-order valence-electron chi connectivity index (χ0n) is 13.8. The summed E-state index contributed by atoms with van der Waals surface area (Å²) in [5, 5.41) is 19.2. The summed E-state index contributed by atoms with van der Waals surface area (Å²) in [7, 11) is -2.34. The van der Waals surface area contributed by atoms with Crippen molar-refractivity contribution in [3.05, 3.63) is 71.9 Å². The van der Waals surface area contributed by atoms with Crippen LogP contribution in [0.15, 0.2) is 65.7 Å². The van der Waals surface area contributed by atoms with Crippen LogP contribution in [0.3, 0.4) is 0 Å². The molecule has 0 bridgehead atoms. The molecule has 2 aromatic carbocycles. The molecule has 0 unspecified atom stereocenters. The highest BCUT2D eigenvalue weighted by Crippen LogP contribution is 2.19. The summed E-state index contributed by atoms with van der Waals surface area (Å²) in [5.74, 6) is 0. The van der Waals surface area contributed by atoms with Gasteiger partial charge in [0.2, 0.25) is 5.52 Å². The van der Waals surface area contributed by atoms with Crippen LogP contribution < -0.4 is 4.57 Å². The van der Waals surface area contributed by atoms with Gasteiger partial charge in [-0.3, -0.25) is 0 Å². The molecule has 0 aliphatic heterocycles. The van der Waals surface area contributed by atoms with Gasteiger partial charge in [-0.05, 0) is 25.1 Å². The molecule has 0 saturated carbocycles. The lowest BCUT2D eigenvalue weighted by atomic mass is 10.1. The summed E-state index contributed by atoms with van der Waals surface area (Å²) < 4.78 is 33.1. The summed E-state index contributed by atoms with van der Waals surface area (Å²) in [6.07, 6.45) is 0.401. The van der Waals surface area contributed by atoms with Gasteiger partial charge in [-0.2, -0.15) is 0 Å². The monoisotopic (exact) mass is 361 g/mol. The first-order valence-corrected chi connectivity index (χ1v) is 8.87. The standard InChI is InChI=1S/C11H12NO2.C7H8O3S/c1-12-7-6-9(11(13)14)8-4-2-3-5-10(8)12;1-6-2-4-7(5-3-6)11(8,9)10/h2-7,11,13-14H,1H3;2-5H,1H3,(H,8,9,10)/q+1;/p-1. The average molecular weight is 361 g/mol. The molecular formula is C18H19NO5S. The first-order chi connectivity index (χ1) is 11.7. The van der Waals surface area contributed by atoms with Crippen LogP contribution in [0, 0.1) is 6.92 Å². The Labute approximate surface area is 146 Å². The maximum absolute atomic E-state index is 10.4. The van der Waals surface area contributed by atoms with E-state index in [0.717, 1.165) is 16.5 Å². The molecule has 1 aromatic heterocycles. The molecule has 6 nitrogen and oxygen atoms in total. The lowest BCUT2D eigenvalue weighted by Crippen LogP contribution is -2.28. The van der Waals surface area contributed by atoms with Gasteiger partial charge in [0.25, 0.3) is 0 Å². The van der Waals surface area contributed by atoms with E-state index < -0.39 is 16.4 Å². The Kier molecular flexibility index (Phi) is 5.86. The van der Waals surface area contributed by atoms with Crippen LogP contribution >= 0.6 is 0 Å². The zero-order chi connectivity index (χ0) is 18.6. The number of aromatic nitrogens is 1. The number of aliphatic hydroxyl groups is 2. The Morgan fingerprint density at radius 1 is 1.00 bits per heavy atom. The summed E-state index contributed by atoms with van der Waals surface area (Å²) >= 11 is 0. The first kappa shape index (κ1) is 19.0. The van der Waals surface area contributed by atoms with Crippen molar-refractivity contribution in [1.82, 2.24) is 0 Å². The number of nitrogens with zero attached hydrogens (tertiary/aromatic N) is 1. The van der Waals surface area contributed by atoms with Gasteiger partial charge in [0, 0.05) is 17.7 Å². The highest BCUT2D eigenvalue weighted by molar-refractivity contribution is 7.85. The van der Waals surface area contributed by atoms with Gasteiger partial charge in [0.05, 0.1) is 10.3 Å². The van der Waals surface area contributed by atoms with Crippen molar-refractivity contribution in [2.45, 2.75) is 18.1 Å². The number of hydrogen-bond acceptors (Lipinski definition) is 5. The van der Waals surface area contributed by atoms with E-state index in [4.69, 9.17) is 10.2 Å². The summed E-state index contributed by atoms with van der Waals surface area (Å²) in [6, 6.07) is 15.1. The average Bonchev–Trinajstić information content (AvgIpc) is 2.55. The maximum Gasteiger partial charge on any atom is 0.212 e. The van der Waals surface area contributed by atoms with Crippen molar-refractivity contribution < 1.29 is 27.8 Å². The lowest BCUT2D eigenvalue weighted by Gasteiger charge is -2.05. The van der Waals surface area contributed by atoms with Gasteiger partial charge < -0.3 is 14.8 Å². The van der Waals surface area contributed by atoms with Gasteiger partial charge in [0.15, 0.2) is 12.5 Å². The van der Waals surface area contributed by atoms with Crippen LogP contribution in [0.25, 0.3) is 10.9 Å². The first-order valence-electron chi connectivity index (χ1n) is 7.46. The molecule has 0 amide bonds. The molecule has 0 radical (unpaired) electrons. The molecule has 3 rings (SSSR count). The van der Waals surface area contributed by atoms with Crippen LogP contribution in [-0.2, 0) is 17.2 Å². The Morgan fingerprint density at radius 2 is 1.60 bits per heavy atom. The molecule has 0 aliphatic carbocycles. The second-order valence-corrected chi connectivity index (χ2v) is 6.92. The van der Waals surface area contributed by atoms with Crippen molar-refractivity contribution in [3.63, 3.8) is 0 Å². The number of hydrogen-bond donors (Lipinski definition) is 2. The second-order valence-electron chi connectivity index (χ2n) is 5.54. The van der Waals surface area contributed by atoms with Gasteiger partial charge in [-0.1, -0.05) is 29.8 Å². The Bertz CT molecular complexity index is 966. The molecule has 7 heteroatoms. The SMILES string of the molecule is C[n+]1ccc(C(O)O)c2ccccc21.Cc1ccc(S(=O)(=O)[O-])cc1. The molecule has 0 saturated heterocycles. The van der Waals surface area contributed by atoms with Gasteiger partial charge in [-0.25, -0.2) is 13.0 Å². The Hall–Kier alpha value is -2.32. The van der Waals surface area contributed by atoms with Crippen LogP contribution in [0.2, 0.25) is 0 Å². The third kappa shape index (κ3) is 4.83. The van der Waals surface area contributed by atoms with Gasteiger partial charge >= 0.3 is 0 Å². The highest BCUT2D eigenvalue weighted by atomic mass is 32.2. The van der Waals surface area contributed by atoms with E-state index in [1.807, 2.05) is 49.0 Å². The van der Waals surface area contributed by atoms with Crippen LogP contribution in [0.4, 0.5) is 0 Å². The van der Waals surface area contributed by atoms with E-state index in [9.17, 15) is 13.0 Å². The van der Waals surface area contributed by atoms with Crippen molar-refractivity contribution >= 4 is 21.0 Å². The van der Waals surface area contributed by atoms with E-state index in [1.165, 1.54) is 12.1 Å². The van der Waals surface area contributed by atoms with Gasteiger partial charge in [0.1, 0.15) is 17.2 Å². The minimum Gasteiger partial charge on any atom is -0.744 e. The molecule has 25 heavy (non-hydrogen) atoms. The van der Waals surface area contributed by atoms with Crippen molar-refractivity contribution in [2.24, 2.45) is 7.05 Å². The van der Waals surface area contributed by atoms with E-state index in [1.54, 1.807) is 18.2 Å². The topological polar surface area (TPSA) is 102 Å². The fourth-order valence-corrected chi connectivity index (χ4v) is 2.79. The van der Waals surface area contributed by atoms with Crippen molar-refractivity contribution in [1.29, 1.82) is 0 Å². The van der Waals surface area contributed by atoms with E-state index in [-0.39, 0.29) is 4.90 Å². The smallest absolute Gasteiger partial charge is 0.212 e. The fraction of sp³-hybridized carbons (Fsp3) is 0.167. The summed E-state index contributed by atoms with van der Waals surface area (Å²) in [5.41, 5.74) is 2.45. The quantitative estimate of drug-likeness (QED) is 0.410. The van der Waals surface area contributed by atoms with Crippen molar-refractivity contribution in [3.8, 4) is 0 Å². The number of aryl methyl sites for hydroxylation is 2. The highest BCUT2D eigenvalue weighted by Gasteiger charge is 2.12. The minimum atomic E-state index is -4.27. The molecule has 0 aliphatic rings. The number of pyridine rings is 1. The molecule has 3 aromatic rings. The van der Waals surface area contributed by atoms with Gasteiger partial charge in [-0.15, -0.1) is 0 Å².